The summed E-state index contributed by atoms with van der Waals surface area (Å²) in [6, 6.07) is 27.1. The zero-order chi connectivity index (χ0) is 24.0. The maximum Gasteiger partial charge on any atom is 0.217 e. The SMILES string of the molecule is CCc1ccc(-c2csc(NP(=O)(/C=C(\Cl)c3ccccc3)/C=C(/Cl)c3ccccc3)n2)cc1. The Kier molecular flexibility index (Phi) is 8.07. The number of nitrogens with zero attached hydrogens (tertiary/aromatic N) is 1. The molecule has 0 aliphatic carbocycles. The molecule has 0 fully saturated rings. The zero-order valence-electron chi connectivity index (χ0n) is 18.5. The molecule has 0 bridgehead atoms. The fourth-order valence-corrected chi connectivity index (χ4v) is 7.15. The molecule has 1 heterocycles. The van der Waals surface area contributed by atoms with Crippen LogP contribution in [0.15, 0.2) is 102 Å². The summed E-state index contributed by atoms with van der Waals surface area (Å²) in [4.78, 5) is 4.67. The third-order valence-electron chi connectivity index (χ3n) is 5.14. The first-order valence-electron chi connectivity index (χ1n) is 10.8. The molecule has 1 N–H and O–H groups in total. The van der Waals surface area contributed by atoms with Crippen LogP contribution in [0.25, 0.3) is 21.3 Å². The summed E-state index contributed by atoms with van der Waals surface area (Å²) in [6.07, 6.45) is 0.982. The highest BCUT2D eigenvalue weighted by Gasteiger charge is 2.21. The number of halogens is 2. The van der Waals surface area contributed by atoms with Gasteiger partial charge in [0.2, 0.25) is 7.29 Å². The van der Waals surface area contributed by atoms with Gasteiger partial charge < -0.3 is 5.09 Å². The Balaban J connectivity index is 1.68. The van der Waals surface area contributed by atoms with E-state index in [1.54, 1.807) is 0 Å². The Hall–Kier alpha value is -2.62. The molecule has 7 heteroatoms. The standard InChI is InChI=1S/C27H23Cl2N2OPS/c1-2-20-13-15-23(16-14-20)26-19-34-27(30-26)31-33(32,17-24(28)21-9-5-3-6-10-21)18-25(29)22-11-7-4-8-12-22/h3-19H,2H2,1H3,(H,30,31,32)/b24-17-,25-18+. The number of nitrogens with one attached hydrogen (secondary N) is 1. The summed E-state index contributed by atoms with van der Waals surface area (Å²) >= 11 is 14.5. The smallest absolute Gasteiger partial charge is 0.217 e. The molecule has 0 spiro atoms. The van der Waals surface area contributed by atoms with Crippen LogP contribution in [0.5, 0.6) is 0 Å². The van der Waals surface area contributed by atoms with Crippen LogP contribution in [-0.4, -0.2) is 4.98 Å². The molecule has 1 atom stereocenters. The molecule has 34 heavy (non-hydrogen) atoms. The van der Waals surface area contributed by atoms with Crippen molar-refractivity contribution in [3.63, 3.8) is 0 Å². The fraction of sp³-hybridized carbons (Fsp3) is 0.0741. The largest absolute Gasteiger partial charge is 0.306 e. The summed E-state index contributed by atoms with van der Waals surface area (Å²) in [5.41, 5.74) is 4.63. The van der Waals surface area contributed by atoms with Crippen molar-refractivity contribution in [1.82, 2.24) is 4.98 Å². The van der Waals surface area contributed by atoms with Crippen LogP contribution in [0.2, 0.25) is 0 Å². The minimum Gasteiger partial charge on any atom is -0.306 e. The number of hydrogen-bond donors (Lipinski definition) is 1. The van der Waals surface area contributed by atoms with Crippen LogP contribution in [0, 0.1) is 0 Å². The van der Waals surface area contributed by atoms with Crippen molar-refractivity contribution in [1.29, 1.82) is 0 Å². The van der Waals surface area contributed by atoms with Gasteiger partial charge in [0, 0.05) is 22.6 Å². The maximum atomic E-state index is 14.1. The van der Waals surface area contributed by atoms with Gasteiger partial charge in [0.15, 0.2) is 5.13 Å². The molecule has 1 unspecified atom stereocenters. The molecular formula is C27H23Cl2N2OPS. The van der Waals surface area contributed by atoms with Gasteiger partial charge in [0.05, 0.1) is 15.8 Å². The summed E-state index contributed by atoms with van der Waals surface area (Å²) in [5.74, 6) is 3.07. The second-order valence-corrected chi connectivity index (χ2v) is 11.4. The highest BCUT2D eigenvalue weighted by atomic mass is 35.5. The Morgan fingerprint density at radius 2 is 1.41 bits per heavy atom. The van der Waals surface area contributed by atoms with Crippen molar-refractivity contribution in [3.05, 3.63) is 119 Å². The molecule has 3 nitrogen and oxygen atoms in total. The van der Waals surface area contributed by atoms with Gasteiger partial charge in [-0.25, -0.2) is 4.98 Å². The van der Waals surface area contributed by atoms with E-state index in [0.717, 1.165) is 28.8 Å². The van der Waals surface area contributed by atoms with E-state index in [-0.39, 0.29) is 0 Å². The van der Waals surface area contributed by atoms with Gasteiger partial charge in [-0.1, -0.05) is 115 Å². The first-order chi connectivity index (χ1) is 16.5. The van der Waals surface area contributed by atoms with Crippen molar-refractivity contribution in [2.45, 2.75) is 13.3 Å². The minimum absolute atomic E-state index is 0.372. The molecule has 4 aromatic rings. The lowest BCUT2D eigenvalue weighted by Gasteiger charge is -2.13. The maximum absolute atomic E-state index is 14.1. The van der Waals surface area contributed by atoms with E-state index >= 15 is 0 Å². The van der Waals surface area contributed by atoms with Crippen LogP contribution in [0.4, 0.5) is 5.13 Å². The Bertz CT molecular complexity index is 1290. The van der Waals surface area contributed by atoms with Crippen molar-refractivity contribution >= 4 is 57.0 Å². The zero-order valence-corrected chi connectivity index (χ0v) is 21.7. The first-order valence-corrected chi connectivity index (χ1v) is 14.2. The first kappa shape index (κ1) is 24.5. The number of benzene rings is 3. The normalized spacial score (nSPS) is 14.0. The number of thiazole rings is 1. The predicted octanol–water partition coefficient (Wildman–Crippen LogP) is 9.54. The predicted molar refractivity (Wildman–Crippen MR) is 149 cm³/mol. The number of aryl methyl sites for hydroxylation is 1. The van der Waals surface area contributed by atoms with Crippen molar-refractivity contribution in [2.24, 2.45) is 0 Å². The van der Waals surface area contributed by atoms with Crippen LogP contribution in [0.1, 0.15) is 23.6 Å². The summed E-state index contributed by atoms with van der Waals surface area (Å²) in [6.45, 7) is 2.12. The third-order valence-corrected chi connectivity index (χ3v) is 8.85. The lowest BCUT2D eigenvalue weighted by atomic mass is 10.1. The van der Waals surface area contributed by atoms with Gasteiger partial charge in [-0.3, -0.25) is 4.57 Å². The van der Waals surface area contributed by atoms with E-state index in [4.69, 9.17) is 23.2 Å². The number of hydrogen-bond acceptors (Lipinski definition) is 3. The molecular weight excluding hydrogens is 502 g/mol. The Morgan fingerprint density at radius 1 is 0.882 bits per heavy atom. The summed E-state index contributed by atoms with van der Waals surface area (Å²) < 4.78 is 14.1. The van der Waals surface area contributed by atoms with Crippen LogP contribution >= 0.6 is 41.8 Å². The minimum atomic E-state index is -3.37. The summed E-state index contributed by atoms with van der Waals surface area (Å²) in [5, 5.41) is 6.33. The lowest BCUT2D eigenvalue weighted by Crippen LogP contribution is -1.94. The number of anilines is 1. The fourth-order valence-electron chi connectivity index (χ4n) is 3.30. The van der Waals surface area contributed by atoms with Gasteiger partial charge >= 0.3 is 0 Å². The van der Waals surface area contributed by atoms with Gasteiger partial charge in [0.25, 0.3) is 0 Å². The van der Waals surface area contributed by atoms with E-state index in [0.29, 0.717) is 15.2 Å². The van der Waals surface area contributed by atoms with Crippen molar-refractivity contribution in [2.75, 3.05) is 5.09 Å². The molecule has 0 radical (unpaired) electrons. The average molecular weight is 525 g/mol. The highest BCUT2D eigenvalue weighted by Crippen LogP contribution is 2.54. The monoisotopic (exact) mass is 524 g/mol. The Labute approximate surface area is 214 Å². The van der Waals surface area contributed by atoms with Crippen LogP contribution in [0.3, 0.4) is 0 Å². The molecule has 0 saturated carbocycles. The molecule has 0 aliphatic heterocycles. The molecule has 1 aromatic heterocycles. The number of aromatic nitrogens is 1. The van der Waals surface area contributed by atoms with E-state index < -0.39 is 7.29 Å². The van der Waals surface area contributed by atoms with E-state index in [2.05, 4.69) is 41.3 Å². The topological polar surface area (TPSA) is 42.0 Å². The van der Waals surface area contributed by atoms with E-state index in [1.165, 1.54) is 28.5 Å². The van der Waals surface area contributed by atoms with Gasteiger partial charge in [-0.2, -0.15) is 0 Å². The lowest BCUT2D eigenvalue weighted by molar-refractivity contribution is 0.589. The van der Waals surface area contributed by atoms with Crippen LogP contribution in [-0.2, 0) is 11.0 Å². The molecule has 0 aliphatic rings. The molecule has 3 aromatic carbocycles. The van der Waals surface area contributed by atoms with Gasteiger partial charge in [-0.05, 0) is 23.1 Å². The average Bonchev–Trinajstić information content (AvgIpc) is 3.33. The second kappa shape index (κ2) is 11.2. The van der Waals surface area contributed by atoms with E-state index in [1.807, 2.05) is 66.0 Å². The quantitative estimate of drug-likeness (QED) is 0.233. The van der Waals surface area contributed by atoms with Crippen molar-refractivity contribution in [3.8, 4) is 11.3 Å². The summed E-state index contributed by atoms with van der Waals surface area (Å²) in [7, 11) is -3.37. The molecule has 172 valence electrons. The number of rotatable bonds is 8. The van der Waals surface area contributed by atoms with Crippen molar-refractivity contribution < 1.29 is 4.57 Å². The van der Waals surface area contributed by atoms with Gasteiger partial charge in [-0.15, -0.1) is 11.3 Å². The van der Waals surface area contributed by atoms with E-state index in [9.17, 15) is 4.57 Å². The Morgan fingerprint density at radius 3 is 1.91 bits per heavy atom. The third kappa shape index (κ3) is 6.28. The molecule has 0 saturated heterocycles. The van der Waals surface area contributed by atoms with Gasteiger partial charge in [0.1, 0.15) is 0 Å². The van der Waals surface area contributed by atoms with Crippen LogP contribution < -0.4 is 5.09 Å². The highest BCUT2D eigenvalue weighted by molar-refractivity contribution is 7.72. The second-order valence-electron chi connectivity index (χ2n) is 7.60. The molecule has 0 amide bonds. The molecule has 4 rings (SSSR count).